The van der Waals surface area contributed by atoms with Crippen LogP contribution in [-0.4, -0.2) is 40.9 Å². The van der Waals surface area contributed by atoms with E-state index >= 15 is 0 Å². The Balaban J connectivity index is 2.04. The van der Waals surface area contributed by atoms with Crippen LogP contribution in [-0.2, 0) is 11.8 Å². The van der Waals surface area contributed by atoms with Crippen molar-refractivity contribution in [3.05, 3.63) is 57.6 Å². The van der Waals surface area contributed by atoms with Gasteiger partial charge in [0.1, 0.15) is 17.9 Å². The lowest BCUT2D eigenvalue weighted by Crippen LogP contribution is -2.19. The summed E-state index contributed by atoms with van der Waals surface area (Å²) in [7, 11) is 3.18. The van der Waals surface area contributed by atoms with Crippen LogP contribution in [0.4, 0.5) is 0 Å². The van der Waals surface area contributed by atoms with E-state index in [-0.39, 0.29) is 16.9 Å². The zero-order valence-electron chi connectivity index (χ0n) is 14.3. The number of nitrogens with zero attached hydrogens (tertiary/aromatic N) is 2. The van der Waals surface area contributed by atoms with Crippen LogP contribution in [0.3, 0.4) is 0 Å². The molecule has 0 spiro atoms. The van der Waals surface area contributed by atoms with Crippen LogP contribution in [0.25, 0.3) is 10.9 Å². The van der Waals surface area contributed by atoms with Gasteiger partial charge in [0.15, 0.2) is 5.78 Å². The van der Waals surface area contributed by atoms with Gasteiger partial charge in [-0.15, -0.1) is 0 Å². The summed E-state index contributed by atoms with van der Waals surface area (Å²) >= 11 is 0. The highest BCUT2D eigenvalue weighted by molar-refractivity contribution is 6.11. The van der Waals surface area contributed by atoms with Crippen LogP contribution in [0.15, 0.2) is 35.3 Å². The predicted octanol–water partition coefficient (Wildman–Crippen LogP) is 1.83. The second-order valence-corrected chi connectivity index (χ2v) is 5.69. The van der Waals surface area contributed by atoms with Gasteiger partial charge in [-0.05, 0) is 31.2 Å². The molecular weight excluding hydrogens is 322 g/mol. The monoisotopic (exact) mass is 341 g/mol. The number of hydrogen-bond donors (Lipinski definition) is 1. The smallest absolute Gasteiger partial charge is 0.277 e. The highest BCUT2D eigenvalue weighted by Gasteiger charge is 2.20. The lowest BCUT2D eigenvalue weighted by molar-refractivity contribution is 0.103. The highest BCUT2D eigenvalue weighted by atomic mass is 16.5. The average Bonchev–Trinajstić information content (AvgIpc) is 2.86. The normalized spacial score (nSPS) is 11.0. The molecule has 0 atom stereocenters. The van der Waals surface area contributed by atoms with Crippen LogP contribution >= 0.6 is 0 Å². The molecule has 0 saturated carbocycles. The van der Waals surface area contributed by atoms with Gasteiger partial charge >= 0.3 is 0 Å². The summed E-state index contributed by atoms with van der Waals surface area (Å²) in [5.74, 6) is 0.295. The maximum Gasteiger partial charge on any atom is 0.277 e. The number of aromatic amines is 1. The molecule has 0 aliphatic carbocycles. The van der Waals surface area contributed by atoms with E-state index in [9.17, 15) is 9.59 Å². The van der Waals surface area contributed by atoms with Crippen molar-refractivity contribution >= 4 is 16.7 Å². The molecule has 3 aromatic rings. The zero-order valence-corrected chi connectivity index (χ0v) is 14.3. The van der Waals surface area contributed by atoms with Gasteiger partial charge in [-0.25, -0.2) is 0 Å². The van der Waals surface area contributed by atoms with Gasteiger partial charge in [0.05, 0.1) is 12.1 Å². The molecule has 0 aliphatic heterocycles. The van der Waals surface area contributed by atoms with Gasteiger partial charge in [-0.2, -0.15) is 0 Å². The standard InChI is InChI=1S/C18H19N3O4/c1-11-16(18(23)21(2)20-11)17(22)12-4-5-14-13(10-12)15(6-7-19-14)25-9-8-24-3/h4-7,10,20H,8-9H2,1-3H3. The highest BCUT2D eigenvalue weighted by Crippen LogP contribution is 2.26. The minimum absolute atomic E-state index is 0.146. The molecule has 25 heavy (non-hydrogen) atoms. The Hall–Kier alpha value is -2.93. The summed E-state index contributed by atoms with van der Waals surface area (Å²) in [6.07, 6.45) is 1.65. The lowest BCUT2D eigenvalue weighted by atomic mass is 10.0. The van der Waals surface area contributed by atoms with E-state index in [1.54, 1.807) is 51.5 Å². The van der Waals surface area contributed by atoms with Crippen molar-refractivity contribution in [2.24, 2.45) is 7.05 Å². The van der Waals surface area contributed by atoms with Crippen molar-refractivity contribution < 1.29 is 14.3 Å². The first-order valence-electron chi connectivity index (χ1n) is 7.83. The van der Waals surface area contributed by atoms with E-state index in [4.69, 9.17) is 9.47 Å². The number of methoxy groups -OCH3 is 1. The molecule has 0 saturated heterocycles. The van der Waals surface area contributed by atoms with Crippen LogP contribution in [0.1, 0.15) is 21.6 Å². The Bertz CT molecular complexity index is 988. The van der Waals surface area contributed by atoms with Crippen LogP contribution in [0.5, 0.6) is 5.75 Å². The maximum atomic E-state index is 12.8. The molecule has 0 fully saturated rings. The number of nitrogens with one attached hydrogen (secondary N) is 1. The van der Waals surface area contributed by atoms with Crippen molar-refractivity contribution in [2.45, 2.75) is 6.92 Å². The molecule has 2 aromatic heterocycles. The van der Waals surface area contributed by atoms with Crippen molar-refractivity contribution in [3.8, 4) is 5.75 Å². The van der Waals surface area contributed by atoms with Crippen LogP contribution in [0, 0.1) is 6.92 Å². The summed E-state index contributed by atoms with van der Waals surface area (Å²) in [5, 5.41) is 3.56. The second kappa shape index (κ2) is 6.90. The first kappa shape index (κ1) is 16.9. The van der Waals surface area contributed by atoms with E-state index < -0.39 is 0 Å². The van der Waals surface area contributed by atoms with E-state index in [1.807, 2.05) is 0 Å². The Morgan fingerprint density at radius 3 is 2.76 bits per heavy atom. The van der Waals surface area contributed by atoms with Gasteiger partial charge in [0.2, 0.25) is 0 Å². The molecule has 0 bridgehead atoms. The fourth-order valence-electron chi connectivity index (χ4n) is 2.72. The number of rotatable bonds is 6. The summed E-state index contributed by atoms with van der Waals surface area (Å²) in [5.41, 5.74) is 1.47. The summed E-state index contributed by atoms with van der Waals surface area (Å²) in [6.45, 7) is 2.56. The van der Waals surface area contributed by atoms with Crippen molar-refractivity contribution in [2.75, 3.05) is 20.3 Å². The lowest BCUT2D eigenvalue weighted by Gasteiger charge is -2.09. The number of aryl methyl sites for hydroxylation is 2. The maximum absolute atomic E-state index is 12.8. The Morgan fingerprint density at radius 2 is 2.08 bits per heavy atom. The number of fused-ring (bicyclic) bond motifs is 1. The second-order valence-electron chi connectivity index (χ2n) is 5.69. The van der Waals surface area contributed by atoms with E-state index in [1.165, 1.54) is 4.68 Å². The molecule has 3 rings (SSSR count). The van der Waals surface area contributed by atoms with Crippen molar-refractivity contribution in [1.29, 1.82) is 0 Å². The van der Waals surface area contributed by atoms with Crippen molar-refractivity contribution in [3.63, 3.8) is 0 Å². The Kier molecular flexibility index (Phi) is 4.67. The molecule has 0 amide bonds. The topological polar surface area (TPSA) is 86.2 Å². The molecule has 0 radical (unpaired) electrons. The molecule has 7 nitrogen and oxygen atoms in total. The fraction of sp³-hybridized carbons (Fsp3) is 0.278. The fourth-order valence-corrected chi connectivity index (χ4v) is 2.72. The van der Waals surface area contributed by atoms with E-state index in [0.717, 1.165) is 5.39 Å². The van der Waals surface area contributed by atoms with Gasteiger partial charge in [-0.3, -0.25) is 24.4 Å². The number of pyridine rings is 1. The summed E-state index contributed by atoms with van der Waals surface area (Å²) in [6, 6.07) is 6.87. The Morgan fingerprint density at radius 1 is 1.28 bits per heavy atom. The third-order valence-electron chi connectivity index (χ3n) is 3.96. The first-order valence-corrected chi connectivity index (χ1v) is 7.83. The van der Waals surface area contributed by atoms with Gasteiger partial charge in [0.25, 0.3) is 5.56 Å². The van der Waals surface area contributed by atoms with Crippen molar-refractivity contribution in [1.82, 2.24) is 14.8 Å². The van der Waals surface area contributed by atoms with E-state index in [2.05, 4.69) is 10.1 Å². The summed E-state index contributed by atoms with van der Waals surface area (Å²) in [4.78, 5) is 29.3. The number of hydrogen-bond acceptors (Lipinski definition) is 5. The van der Waals surface area contributed by atoms with Crippen LogP contribution in [0.2, 0.25) is 0 Å². The predicted molar refractivity (Wildman–Crippen MR) is 93.3 cm³/mol. The largest absolute Gasteiger partial charge is 0.490 e. The number of carbonyl (C=O) groups excluding carboxylic acids is 1. The van der Waals surface area contributed by atoms with Gasteiger partial charge in [-0.1, -0.05) is 0 Å². The zero-order chi connectivity index (χ0) is 18.0. The molecular formula is C18H19N3O4. The molecule has 7 heteroatoms. The summed E-state index contributed by atoms with van der Waals surface area (Å²) < 4.78 is 12.0. The van der Waals surface area contributed by atoms with Gasteiger partial charge < -0.3 is 9.47 Å². The van der Waals surface area contributed by atoms with Gasteiger partial charge in [0, 0.05) is 37.0 Å². The molecule has 1 aromatic carbocycles. The number of ether oxygens (including phenoxy) is 2. The third kappa shape index (κ3) is 3.18. The molecule has 0 aliphatic rings. The van der Waals surface area contributed by atoms with E-state index in [0.29, 0.717) is 35.7 Å². The first-order chi connectivity index (χ1) is 12.0. The Labute approximate surface area is 144 Å². The SMILES string of the molecule is COCCOc1ccnc2ccc(C(=O)c3c(C)[nH]n(C)c3=O)cc12. The number of ketones is 1. The quantitative estimate of drug-likeness (QED) is 0.546. The average molecular weight is 341 g/mol. The minimum Gasteiger partial charge on any atom is -0.490 e. The molecule has 130 valence electrons. The number of aromatic nitrogens is 3. The third-order valence-corrected chi connectivity index (χ3v) is 3.96. The number of H-pyrrole nitrogens is 1. The molecule has 0 unspecified atom stereocenters. The number of carbonyl (C=O) groups is 1. The number of benzene rings is 1. The molecule has 2 heterocycles. The molecule has 1 N–H and O–H groups in total. The van der Waals surface area contributed by atoms with Crippen LogP contribution < -0.4 is 10.3 Å². The minimum atomic E-state index is -0.342.